The number of aliphatic hydroxyl groups is 2. The van der Waals surface area contributed by atoms with E-state index in [1.807, 2.05) is 0 Å². The van der Waals surface area contributed by atoms with E-state index < -0.39 is 22.9 Å². The zero-order valence-electron chi connectivity index (χ0n) is 7.07. The van der Waals surface area contributed by atoms with Crippen molar-refractivity contribution in [3.63, 3.8) is 0 Å². The minimum Gasteiger partial charge on any atom is -0.440 e. The molecule has 1 atom stereocenters. The molecule has 0 aromatic rings. The molecule has 6 nitrogen and oxygen atoms in total. The van der Waals surface area contributed by atoms with Crippen molar-refractivity contribution in [2.24, 2.45) is 0 Å². The number of carbonyl (C=O) groups excluding carboxylic acids is 2. The van der Waals surface area contributed by atoms with Crippen LogP contribution in [0.4, 0.5) is 9.59 Å². The highest BCUT2D eigenvalue weighted by Gasteiger charge is 2.40. The molecule has 2 N–H and O–H groups in total. The van der Waals surface area contributed by atoms with Crippen molar-refractivity contribution in [3.8, 4) is 0 Å². The number of halogens is 2. The highest BCUT2D eigenvalue weighted by molar-refractivity contribution is 6.61. The van der Waals surface area contributed by atoms with Crippen LogP contribution in [0.2, 0.25) is 0 Å². The lowest BCUT2D eigenvalue weighted by atomic mass is 10.2. The molecule has 0 aliphatic rings. The van der Waals surface area contributed by atoms with Crippen LogP contribution < -0.4 is 0 Å². The fourth-order valence-electron chi connectivity index (χ4n) is 0.722. The Labute approximate surface area is 89.3 Å². The van der Waals surface area contributed by atoms with Gasteiger partial charge in [0.25, 0.3) is 0 Å². The molecule has 0 saturated carbocycles. The van der Waals surface area contributed by atoms with Crippen molar-refractivity contribution in [1.82, 2.24) is 0 Å². The summed E-state index contributed by atoms with van der Waals surface area (Å²) in [5.74, 6) is -2.99. The standard InChI is InChI=1S/C6H8Cl2O6/c1-2-3(13-4(7)9)6(11,12)14-5(8)10/h3,11-12H,2H2,1H3. The minimum atomic E-state index is -2.99. The third kappa shape index (κ3) is 4.61. The molecule has 0 aromatic carbocycles. The summed E-state index contributed by atoms with van der Waals surface area (Å²) >= 11 is 9.58. The van der Waals surface area contributed by atoms with Crippen LogP contribution in [0.3, 0.4) is 0 Å². The summed E-state index contributed by atoms with van der Waals surface area (Å²) in [4.78, 5) is 20.5. The first kappa shape index (κ1) is 13.4. The lowest BCUT2D eigenvalue weighted by molar-refractivity contribution is -0.344. The first-order chi connectivity index (χ1) is 6.29. The van der Waals surface area contributed by atoms with E-state index in [0.717, 1.165) is 0 Å². The SMILES string of the molecule is CCC(OC(=O)Cl)C(O)(O)OC(=O)Cl. The fourth-order valence-corrected chi connectivity index (χ4v) is 0.943. The van der Waals surface area contributed by atoms with Gasteiger partial charge in [-0.05, 0) is 6.42 Å². The second-order valence-electron chi connectivity index (χ2n) is 2.25. The van der Waals surface area contributed by atoms with E-state index in [1.54, 1.807) is 0 Å². The van der Waals surface area contributed by atoms with Crippen molar-refractivity contribution in [2.75, 3.05) is 0 Å². The molecule has 0 heterocycles. The summed E-state index contributed by atoms with van der Waals surface area (Å²) in [5.41, 5.74) is -2.70. The maximum Gasteiger partial charge on any atom is 0.408 e. The van der Waals surface area contributed by atoms with E-state index in [-0.39, 0.29) is 6.42 Å². The minimum absolute atomic E-state index is 0.0321. The molecular weight excluding hydrogens is 239 g/mol. The Bertz CT molecular complexity index is 228. The van der Waals surface area contributed by atoms with Gasteiger partial charge in [0, 0.05) is 23.2 Å². The van der Waals surface area contributed by atoms with Gasteiger partial charge in [-0.1, -0.05) is 6.92 Å². The number of rotatable bonds is 4. The van der Waals surface area contributed by atoms with Crippen LogP contribution in [0.15, 0.2) is 0 Å². The van der Waals surface area contributed by atoms with Crippen molar-refractivity contribution >= 4 is 34.1 Å². The van der Waals surface area contributed by atoms with Crippen LogP contribution in [-0.2, 0) is 9.47 Å². The molecule has 0 aromatic heterocycles. The first-order valence-electron chi connectivity index (χ1n) is 3.49. The van der Waals surface area contributed by atoms with Gasteiger partial charge in [0.1, 0.15) is 0 Å². The lowest BCUT2D eigenvalue weighted by Gasteiger charge is -2.27. The highest BCUT2D eigenvalue weighted by atomic mass is 35.5. The molecule has 0 saturated heterocycles. The van der Waals surface area contributed by atoms with Gasteiger partial charge >= 0.3 is 16.8 Å². The molecule has 0 rings (SSSR count). The summed E-state index contributed by atoms with van der Waals surface area (Å²) < 4.78 is 8.15. The predicted molar refractivity (Wildman–Crippen MR) is 45.9 cm³/mol. The number of carbonyl (C=O) groups is 2. The highest BCUT2D eigenvalue weighted by Crippen LogP contribution is 2.18. The van der Waals surface area contributed by atoms with Gasteiger partial charge in [0.2, 0.25) is 0 Å². The Hall–Kier alpha value is -0.560. The quantitative estimate of drug-likeness (QED) is 0.571. The average Bonchev–Trinajstić information content (AvgIpc) is 1.96. The number of hydrogen-bond acceptors (Lipinski definition) is 6. The summed E-state index contributed by atoms with van der Waals surface area (Å²) in [5, 5.41) is 18.2. The molecule has 0 fully saturated rings. The van der Waals surface area contributed by atoms with Gasteiger partial charge in [-0.15, -0.1) is 0 Å². The van der Waals surface area contributed by atoms with E-state index in [2.05, 4.69) is 9.47 Å². The van der Waals surface area contributed by atoms with Crippen LogP contribution in [0.5, 0.6) is 0 Å². The third-order valence-corrected chi connectivity index (χ3v) is 1.42. The first-order valence-corrected chi connectivity index (χ1v) is 4.24. The molecule has 14 heavy (non-hydrogen) atoms. The van der Waals surface area contributed by atoms with Crippen LogP contribution in [-0.4, -0.2) is 33.1 Å². The van der Waals surface area contributed by atoms with E-state index in [9.17, 15) is 9.59 Å². The second-order valence-corrected chi connectivity index (χ2v) is 2.87. The van der Waals surface area contributed by atoms with Crippen LogP contribution in [0.25, 0.3) is 0 Å². The molecule has 0 radical (unpaired) electrons. The normalized spacial score (nSPS) is 13.2. The maximum absolute atomic E-state index is 10.3. The Morgan fingerprint density at radius 2 is 1.86 bits per heavy atom. The van der Waals surface area contributed by atoms with Crippen LogP contribution in [0, 0.1) is 0 Å². The van der Waals surface area contributed by atoms with Crippen molar-refractivity contribution < 1.29 is 29.3 Å². The van der Waals surface area contributed by atoms with E-state index in [1.165, 1.54) is 6.92 Å². The Balaban J connectivity index is 4.47. The van der Waals surface area contributed by atoms with Crippen molar-refractivity contribution in [1.29, 1.82) is 0 Å². The number of hydrogen-bond donors (Lipinski definition) is 2. The fraction of sp³-hybridized carbons (Fsp3) is 0.667. The zero-order valence-corrected chi connectivity index (χ0v) is 8.58. The summed E-state index contributed by atoms with van der Waals surface area (Å²) in [7, 11) is 0. The Morgan fingerprint density at radius 1 is 1.36 bits per heavy atom. The van der Waals surface area contributed by atoms with Crippen molar-refractivity contribution in [3.05, 3.63) is 0 Å². The molecule has 0 amide bonds. The monoisotopic (exact) mass is 246 g/mol. The van der Waals surface area contributed by atoms with Gasteiger partial charge in [-0.2, -0.15) is 0 Å². The maximum atomic E-state index is 10.3. The Morgan fingerprint density at radius 3 is 2.14 bits per heavy atom. The molecule has 0 aliphatic carbocycles. The van der Waals surface area contributed by atoms with Crippen molar-refractivity contribution in [2.45, 2.75) is 25.4 Å². The summed E-state index contributed by atoms with van der Waals surface area (Å²) in [6.07, 6.45) is -1.54. The van der Waals surface area contributed by atoms with E-state index >= 15 is 0 Å². The molecule has 0 spiro atoms. The third-order valence-electron chi connectivity index (χ3n) is 1.26. The van der Waals surface area contributed by atoms with Gasteiger partial charge in [0.15, 0.2) is 6.10 Å². The number of ether oxygens (including phenoxy) is 2. The molecule has 8 heteroatoms. The van der Waals surface area contributed by atoms with E-state index in [0.29, 0.717) is 0 Å². The predicted octanol–water partition coefficient (Wildman–Crippen LogP) is 1.15. The van der Waals surface area contributed by atoms with Crippen LogP contribution in [0.1, 0.15) is 13.3 Å². The topological polar surface area (TPSA) is 93.1 Å². The van der Waals surface area contributed by atoms with E-state index in [4.69, 9.17) is 33.4 Å². The zero-order chi connectivity index (χ0) is 11.4. The molecule has 0 aliphatic heterocycles. The molecule has 82 valence electrons. The second kappa shape index (κ2) is 5.35. The van der Waals surface area contributed by atoms with Gasteiger partial charge in [0.05, 0.1) is 0 Å². The molecular formula is C6H8Cl2O6. The largest absolute Gasteiger partial charge is 0.440 e. The Kier molecular flexibility index (Phi) is 5.14. The van der Waals surface area contributed by atoms with Crippen LogP contribution >= 0.6 is 23.2 Å². The summed E-state index contributed by atoms with van der Waals surface area (Å²) in [6, 6.07) is 0. The average molecular weight is 247 g/mol. The lowest BCUT2D eigenvalue weighted by Crippen LogP contribution is -2.47. The van der Waals surface area contributed by atoms with Gasteiger partial charge < -0.3 is 19.7 Å². The van der Waals surface area contributed by atoms with Gasteiger partial charge in [-0.3, -0.25) is 0 Å². The van der Waals surface area contributed by atoms with Gasteiger partial charge in [-0.25, -0.2) is 9.59 Å². The molecule has 1 unspecified atom stereocenters. The molecule has 0 bridgehead atoms. The summed E-state index contributed by atoms with van der Waals surface area (Å²) in [6.45, 7) is 1.45. The smallest absolute Gasteiger partial charge is 0.408 e.